The third-order valence-corrected chi connectivity index (χ3v) is 4.15. The van der Waals surface area contributed by atoms with Crippen LogP contribution in [-0.4, -0.2) is 33.3 Å². The van der Waals surface area contributed by atoms with Crippen LogP contribution in [0.15, 0.2) is 51.7 Å². The lowest BCUT2D eigenvalue weighted by molar-refractivity contribution is 0.0937. The zero-order valence-corrected chi connectivity index (χ0v) is 15.9. The fraction of sp³-hybridized carbons (Fsp3) is 0.238. The number of methoxy groups -OCH3 is 2. The number of fused-ring (bicyclic) bond motifs is 1. The molecule has 1 amide bonds. The first-order valence-electron chi connectivity index (χ1n) is 8.70. The van der Waals surface area contributed by atoms with Crippen LogP contribution in [0.1, 0.15) is 16.1 Å². The zero-order chi connectivity index (χ0) is 20.1. The van der Waals surface area contributed by atoms with E-state index in [2.05, 4.69) is 5.32 Å². The summed E-state index contributed by atoms with van der Waals surface area (Å²) in [6.07, 6.45) is 0. The van der Waals surface area contributed by atoms with Crippen LogP contribution >= 0.6 is 0 Å². The molecule has 1 heterocycles. The fourth-order valence-electron chi connectivity index (χ4n) is 2.67. The smallest absolute Gasteiger partial charge is 0.251 e. The maximum Gasteiger partial charge on any atom is 0.251 e. The summed E-state index contributed by atoms with van der Waals surface area (Å²) in [5.41, 5.74) is 0.637. The SMILES string of the molecule is COCCNC(=O)c1ccc(Oc2c(C)oc3cc(OC)ccc3c2=O)cc1. The monoisotopic (exact) mass is 383 g/mol. The van der Waals surface area contributed by atoms with Crippen LogP contribution in [0.3, 0.4) is 0 Å². The molecule has 2 aromatic carbocycles. The Balaban J connectivity index is 1.82. The van der Waals surface area contributed by atoms with E-state index in [1.807, 2.05) is 0 Å². The van der Waals surface area contributed by atoms with Crippen molar-refractivity contribution in [2.75, 3.05) is 27.4 Å². The minimum absolute atomic E-state index is 0.106. The van der Waals surface area contributed by atoms with Gasteiger partial charge in [0.1, 0.15) is 22.8 Å². The highest BCUT2D eigenvalue weighted by atomic mass is 16.5. The van der Waals surface area contributed by atoms with Crippen molar-refractivity contribution < 1.29 is 23.4 Å². The van der Waals surface area contributed by atoms with E-state index in [0.29, 0.717) is 46.9 Å². The Morgan fingerprint density at radius 1 is 1.07 bits per heavy atom. The number of carbonyl (C=O) groups is 1. The van der Waals surface area contributed by atoms with Gasteiger partial charge in [-0.15, -0.1) is 0 Å². The molecule has 0 aliphatic heterocycles. The molecule has 7 nitrogen and oxygen atoms in total. The van der Waals surface area contributed by atoms with Gasteiger partial charge in [-0.05, 0) is 43.3 Å². The van der Waals surface area contributed by atoms with Crippen LogP contribution in [0.5, 0.6) is 17.2 Å². The normalized spacial score (nSPS) is 10.7. The van der Waals surface area contributed by atoms with E-state index in [1.165, 1.54) is 0 Å². The van der Waals surface area contributed by atoms with Crippen LogP contribution in [0.25, 0.3) is 11.0 Å². The van der Waals surface area contributed by atoms with Gasteiger partial charge in [0.05, 0.1) is 19.1 Å². The lowest BCUT2D eigenvalue weighted by Crippen LogP contribution is -2.26. The number of carbonyl (C=O) groups excluding carboxylic acids is 1. The highest BCUT2D eigenvalue weighted by molar-refractivity contribution is 5.94. The molecule has 0 radical (unpaired) electrons. The summed E-state index contributed by atoms with van der Waals surface area (Å²) >= 11 is 0. The first-order valence-corrected chi connectivity index (χ1v) is 8.70. The van der Waals surface area contributed by atoms with Gasteiger partial charge in [-0.3, -0.25) is 9.59 Å². The molecule has 0 fully saturated rings. The van der Waals surface area contributed by atoms with E-state index in [1.54, 1.807) is 63.6 Å². The lowest BCUT2D eigenvalue weighted by Gasteiger charge is -2.10. The Kier molecular flexibility index (Phi) is 5.96. The maximum absolute atomic E-state index is 12.8. The summed E-state index contributed by atoms with van der Waals surface area (Å²) in [5, 5.41) is 3.14. The van der Waals surface area contributed by atoms with Crippen molar-refractivity contribution in [1.82, 2.24) is 5.32 Å². The largest absolute Gasteiger partial charge is 0.497 e. The van der Waals surface area contributed by atoms with Crippen molar-refractivity contribution in [3.63, 3.8) is 0 Å². The van der Waals surface area contributed by atoms with Gasteiger partial charge in [-0.2, -0.15) is 0 Å². The summed E-state index contributed by atoms with van der Waals surface area (Å²) in [5.74, 6) is 1.28. The third-order valence-electron chi connectivity index (χ3n) is 4.15. The highest BCUT2D eigenvalue weighted by Gasteiger charge is 2.15. The Hall–Kier alpha value is -3.32. The predicted molar refractivity (Wildman–Crippen MR) is 104 cm³/mol. The second-order valence-corrected chi connectivity index (χ2v) is 6.05. The van der Waals surface area contributed by atoms with Crippen molar-refractivity contribution in [2.45, 2.75) is 6.92 Å². The maximum atomic E-state index is 12.8. The van der Waals surface area contributed by atoms with Gasteiger partial charge in [0.2, 0.25) is 11.2 Å². The number of hydrogen-bond donors (Lipinski definition) is 1. The second kappa shape index (κ2) is 8.58. The number of hydrogen-bond acceptors (Lipinski definition) is 6. The molecule has 0 saturated carbocycles. The lowest BCUT2D eigenvalue weighted by atomic mass is 10.2. The van der Waals surface area contributed by atoms with Crippen molar-refractivity contribution in [3.05, 3.63) is 64.0 Å². The van der Waals surface area contributed by atoms with Crippen molar-refractivity contribution in [2.24, 2.45) is 0 Å². The molecule has 7 heteroatoms. The van der Waals surface area contributed by atoms with E-state index in [4.69, 9.17) is 18.6 Å². The number of aryl methyl sites for hydroxylation is 1. The molecule has 0 bridgehead atoms. The highest BCUT2D eigenvalue weighted by Crippen LogP contribution is 2.27. The summed E-state index contributed by atoms with van der Waals surface area (Å²) in [6.45, 7) is 2.53. The number of rotatable bonds is 7. The minimum atomic E-state index is -0.275. The molecule has 28 heavy (non-hydrogen) atoms. The standard InChI is InChI=1S/C21H21NO6/c1-13-20(19(23)17-9-8-16(26-3)12-18(17)27-13)28-15-6-4-14(5-7-15)21(24)22-10-11-25-2/h4-9,12H,10-11H2,1-3H3,(H,22,24). The van der Waals surface area contributed by atoms with E-state index in [-0.39, 0.29) is 17.1 Å². The summed E-state index contributed by atoms with van der Waals surface area (Å²) in [4.78, 5) is 24.8. The zero-order valence-electron chi connectivity index (χ0n) is 15.9. The van der Waals surface area contributed by atoms with Gasteiger partial charge >= 0.3 is 0 Å². The number of amides is 1. The number of nitrogens with one attached hydrogen (secondary N) is 1. The molecule has 0 unspecified atom stereocenters. The second-order valence-electron chi connectivity index (χ2n) is 6.05. The third kappa shape index (κ3) is 4.15. The average Bonchev–Trinajstić information content (AvgIpc) is 2.71. The van der Waals surface area contributed by atoms with Crippen LogP contribution < -0.4 is 20.2 Å². The Labute approximate surface area is 161 Å². The first kappa shape index (κ1) is 19.4. The fourth-order valence-corrected chi connectivity index (χ4v) is 2.67. The van der Waals surface area contributed by atoms with Gasteiger partial charge in [-0.25, -0.2) is 0 Å². The predicted octanol–water partition coefficient (Wildman–Crippen LogP) is 3.28. The quantitative estimate of drug-likeness (QED) is 0.630. The topological polar surface area (TPSA) is 87.0 Å². The molecular weight excluding hydrogens is 362 g/mol. The Morgan fingerprint density at radius 3 is 2.46 bits per heavy atom. The average molecular weight is 383 g/mol. The number of ether oxygens (including phenoxy) is 3. The molecule has 3 rings (SSSR count). The molecule has 3 aromatic rings. The minimum Gasteiger partial charge on any atom is -0.497 e. The van der Waals surface area contributed by atoms with Crippen LogP contribution in [0.2, 0.25) is 0 Å². The Bertz CT molecular complexity index is 1040. The van der Waals surface area contributed by atoms with Crippen LogP contribution in [0.4, 0.5) is 0 Å². The first-order chi connectivity index (χ1) is 13.5. The summed E-state index contributed by atoms with van der Waals surface area (Å²) < 4.78 is 21.5. The molecule has 0 spiro atoms. The van der Waals surface area contributed by atoms with Crippen molar-refractivity contribution in [3.8, 4) is 17.2 Å². The molecule has 146 valence electrons. The molecule has 1 N–H and O–H groups in total. The molecule has 0 aliphatic carbocycles. The summed E-state index contributed by atoms with van der Waals surface area (Å²) in [6, 6.07) is 11.5. The van der Waals surface area contributed by atoms with E-state index < -0.39 is 0 Å². The molecule has 0 saturated heterocycles. The van der Waals surface area contributed by atoms with Gasteiger partial charge in [0, 0.05) is 25.3 Å². The molecular formula is C21H21NO6. The number of benzene rings is 2. The van der Waals surface area contributed by atoms with Crippen LogP contribution in [-0.2, 0) is 4.74 Å². The van der Waals surface area contributed by atoms with Gasteiger partial charge in [0.25, 0.3) is 5.91 Å². The molecule has 1 aromatic heterocycles. The van der Waals surface area contributed by atoms with Gasteiger partial charge < -0.3 is 23.9 Å². The molecule has 0 aliphatic rings. The summed E-state index contributed by atoms with van der Waals surface area (Å²) in [7, 11) is 3.12. The van der Waals surface area contributed by atoms with Crippen molar-refractivity contribution >= 4 is 16.9 Å². The van der Waals surface area contributed by atoms with E-state index in [0.717, 1.165) is 0 Å². The van der Waals surface area contributed by atoms with Crippen molar-refractivity contribution in [1.29, 1.82) is 0 Å². The van der Waals surface area contributed by atoms with Crippen LogP contribution in [0, 0.1) is 6.92 Å². The van der Waals surface area contributed by atoms with Gasteiger partial charge in [0.15, 0.2) is 0 Å². The molecule has 0 atom stereocenters. The van der Waals surface area contributed by atoms with Gasteiger partial charge in [-0.1, -0.05) is 0 Å². The Morgan fingerprint density at radius 2 is 1.79 bits per heavy atom. The van der Waals surface area contributed by atoms with E-state index in [9.17, 15) is 9.59 Å². The van der Waals surface area contributed by atoms with E-state index >= 15 is 0 Å².